The third kappa shape index (κ3) is 2.67. The van der Waals surface area contributed by atoms with Crippen molar-refractivity contribution in [2.45, 2.75) is 27.2 Å². The van der Waals surface area contributed by atoms with Crippen LogP contribution in [0.4, 0.5) is 4.79 Å². The molecule has 0 aromatic heterocycles. The maximum Gasteiger partial charge on any atom is 0.433 e. The van der Waals surface area contributed by atoms with Crippen molar-refractivity contribution in [3.8, 4) is 6.07 Å². The van der Waals surface area contributed by atoms with Gasteiger partial charge in [-0.05, 0) is 11.3 Å². The Labute approximate surface area is 106 Å². The summed E-state index contributed by atoms with van der Waals surface area (Å²) in [5.41, 5.74) is 0.0654. The van der Waals surface area contributed by atoms with E-state index >= 15 is 0 Å². The van der Waals surface area contributed by atoms with Crippen molar-refractivity contribution in [3.63, 3.8) is 0 Å². The van der Waals surface area contributed by atoms with Gasteiger partial charge in [-0.1, -0.05) is 19.0 Å². The third-order valence-corrected chi connectivity index (χ3v) is 3.45. The number of carbonyl (C=O) groups excluding carboxylic acids is 2. The van der Waals surface area contributed by atoms with Gasteiger partial charge < -0.3 is 5.32 Å². The molecule has 0 aliphatic heterocycles. The van der Waals surface area contributed by atoms with Crippen molar-refractivity contribution in [2.75, 3.05) is 7.05 Å². The quantitative estimate of drug-likeness (QED) is 0.465. The molecule has 0 radical (unpaired) electrons. The molecule has 18 heavy (non-hydrogen) atoms. The Bertz CT molecular complexity index is 434. The molecular weight excluding hydrogens is 234 g/mol. The molecule has 1 aliphatic rings. The molecule has 2 atom stereocenters. The fourth-order valence-corrected chi connectivity index (χ4v) is 2.24. The first-order valence-electron chi connectivity index (χ1n) is 5.70. The molecule has 98 valence electrons. The lowest BCUT2D eigenvalue weighted by Gasteiger charge is -2.03. The molecular formula is C12H17N3O3. The van der Waals surface area contributed by atoms with Gasteiger partial charge in [0.05, 0.1) is 6.07 Å². The molecule has 1 amide bonds. The highest BCUT2D eigenvalue weighted by atomic mass is 16.7. The topological polar surface area (TPSA) is 91.5 Å². The fourth-order valence-electron chi connectivity index (χ4n) is 2.24. The minimum absolute atomic E-state index is 0.0819. The number of Topliss-reactive ketones (excluding diaryl/α,β-unsaturated/α-hetero) is 1. The highest BCUT2D eigenvalue weighted by Gasteiger charge is 2.60. The van der Waals surface area contributed by atoms with Gasteiger partial charge in [0, 0.05) is 26.3 Å². The van der Waals surface area contributed by atoms with Crippen molar-refractivity contribution < 1.29 is 14.4 Å². The molecule has 6 nitrogen and oxygen atoms in total. The maximum atomic E-state index is 11.5. The molecule has 1 rings (SSSR count). The van der Waals surface area contributed by atoms with Crippen LogP contribution in [0.2, 0.25) is 0 Å². The predicted octanol–water partition coefficient (Wildman–Crippen LogP) is 1.47. The molecule has 1 N–H and O–H groups in total. The van der Waals surface area contributed by atoms with E-state index in [-0.39, 0.29) is 28.7 Å². The summed E-state index contributed by atoms with van der Waals surface area (Å²) in [6.07, 6.45) is -0.353. The van der Waals surface area contributed by atoms with Gasteiger partial charge >= 0.3 is 6.09 Å². The summed E-state index contributed by atoms with van der Waals surface area (Å²) in [5, 5.41) is 14.6. The van der Waals surface area contributed by atoms with Crippen LogP contribution in [-0.4, -0.2) is 24.6 Å². The van der Waals surface area contributed by atoms with Gasteiger partial charge in [0.25, 0.3) is 0 Å². The number of rotatable bonds is 4. The Balaban J connectivity index is 2.86. The third-order valence-electron chi connectivity index (χ3n) is 3.45. The fraction of sp³-hybridized carbons (Fsp3) is 0.667. The van der Waals surface area contributed by atoms with Gasteiger partial charge in [0.15, 0.2) is 5.78 Å². The summed E-state index contributed by atoms with van der Waals surface area (Å²) in [6, 6.07) is 2.10. The number of ketones is 1. The van der Waals surface area contributed by atoms with Crippen molar-refractivity contribution in [2.24, 2.45) is 22.4 Å². The van der Waals surface area contributed by atoms with Crippen LogP contribution in [0.3, 0.4) is 0 Å². The summed E-state index contributed by atoms with van der Waals surface area (Å²) in [5.74, 6) is -0.282. The second kappa shape index (κ2) is 5.17. The number of nitriles is 1. The lowest BCUT2D eigenvalue weighted by Crippen LogP contribution is -2.21. The minimum Gasteiger partial charge on any atom is -0.323 e. The Kier molecular flexibility index (Phi) is 4.07. The normalized spacial score (nSPS) is 24.9. The Morgan fingerprint density at radius 3 is 2.56 bits per heavy atom. The lowest BCUT2D eigenvalue weighted by atomic mass is 10.0. The van der Waals surface area contributed by atoms with Crippen LogP contribution in [-0.2, 0) is 9.63 Å². The number of amides is 1. The van der Waals surface area contributed by atoms with E-state index in [1.807, 2.05) is 13.8 Å². The number of hydrogen-bond donors (Lipinski definition) is 1. The molecule has 1 fully saturated rings. The molecule has 1 aliphatic carbocycles. The first kappa shape index (κ1) is 14.2. The van der Waals surface area contributed by atoms with Crippen molar-refractivity contribution in [1.29, 1.82) is 5.26 Å². The Hall–Kier alpha value is -1.90. The summed E-state index contributed by atoms with van der Waals surface area (Å²) >= 11 is 0. The molecule has 1 saturated carbocycles. The molecule has 0 saturated heterocycles. The van der Waals surface area contributed by atoms with Crippen LogP contribution < -0.4 is 5.32 Å². The molecule has 0 spiro atoms. The second-order valence-electron chi connectivity index (χ2n) is 4.93. The van der Waals surface area contributed by atoms with Crippen LogP contribution in [0, 0.1) is 28.6 Å². The Morgan fingerprint density at radius 1 is 1.50 bits per heavy atom. The van der Waals surface area contributed by atoms with E-state index in [9.17, 15) is 9.59 Å². The highest BCUT2D eigenvalue weighted by molar-refractivity contribution is 6.40. The molecule has 6 heteroatoms. The van der Waals surface area contributed by atoms with Crippen molar-refractivity contribution >= 4 is 17.6 Å². The zero-order valence-corrected chi connectivity index (χ0v) is 11.0. The molecule has 0 bridgehead atoms. The van der Waals surface area contributed by atoms with E-state index in [0.29, 0.717) is 6.42 Å². The molecule has 0 aromatic rings. The van der Waals surface area contributed by atoms with Gasteiger partial charge in [-0.25, -0.2) is 4.79 Å². The largest absolute Gasteiger partial charge is 0.433 e. The number of nitrogens with one attached hydrogen (secondary N) is 1. The minimum atomic E-state index is -0.718. The van der Waals surface area contributed by atoms with Crippen LogP contribution in [0.25, 0.3) is 0 Å². The summed E-state index contributed by atoms with van der Waals surface area (Å²) in [6.45, 7) is 5.32. The molecule has 2 unspecified atom stereocenters. The van der Waals surface area contributed by atoms with Crippen molar-refractivity contribution in [1.82, 2.24) is 5.32 Å². The van der Waals surface area contributed by atoms with Gasteiger partial charge in [-0.3, -0.25) is 9.63 Å². The van der Waals surface area contributed by atoms with Gasteiger partial charge in [-0.2, -0.15) is 5.26 Å². The number of hydrogen-bond acceptors (Lipinski definition) is 5. The Morgan fingerprint density at radius 2 is 2.11 bits per heavy atom. The lowest BCUT2D eigenvalue weighted by molar-refractivity contribution is -0.111. The van der Waals surface area contributed by atoms with E-state index < -0.39 is 6.09 Å². The van der Waals surface area contributed by atoms with E-state index in [2.05, 4.69) is 21.4 Å². The zero-order valence-electron chi connectivity index (χ0n) is 11.0. The summed E-state index contributed by atoms with van der Waals surface area (Å²) < 4.78 is 0. The van der Waals surface area contributed by atoms with Crippen LogP contribution in [0.15, 0.2) is 5.16 Å². The summed E-state index contributed by atoms with van der Waals surface area (Å²) in [4.78, 5) is 27.1. The van der Waals surface area contributed by atoms with Gasteiger partial charge in [-0.15, -0.1) is 0 Å². The monoisotopic (exact) mass is 251 g/mol. The van der Waals surface area contributed by atoms with Crippen LogP contribution in [0.1, 0.15) is 27.2 Å². The zero-order chi connectivity index (χ0) is 13.9. The first-order valence-corrected chi connectivity index (χ1v) is 5.70. The van der Waals surface area contributed by atoms with E-state index in [0.717, 1.165) is 0 Å². The van der Waals surface area contributed by atoms with Crippen LogP contribution >= 0.6 is 0 Å². The summed E-state index contributed by atoms with van der Waals surface area (Å²) in [7, 11) is 1.41. The number of nitrogens with zero attached hydrogens (tertiary/aromatic N) is 2. The average molecular weight is 251 g/mol. The van der Waals surface area contributed by atoms with E-state index in [1.165, 1.54) is 14.0 Å². The van der Waals surface area contributed by atoms with Crippen molar-refractivity contribution in [3.05, 3.63) is 0 Å². The highest BCUT2D eigenvalue weighted by Crippen LogP contribution is 2.60. The number of oxime groups is 1. The molecule has 0 heterocycles. The average Bonchev–Trinajstić information content (AvgIpc) is 2.81. The van der Waals surface area contributed by atoms with E-state index in [1.54, 1.807) is 0 Å². The predicted molar refractivity (Wildman–Crippen MR) is 64.6 cm³/mol. The standard InChI is InChI=1S/C12H17N3O3/c1-7(16)10(15-18-11(17)14-4)9-8(5-6-13)12(9,2)3/h8-9H,5H2,1-4H3,(H,14,17)/b15-10+. The SMILES string of the molecule is CNC(=O)O/N=C(\C(C)=O)C1C(CC#N)C1(C)C. The second-order valence-corrected chi connectivity index (χ2v) is 4.93. The smallest absolute Gasteiger partial charge is 0.323 e. The van der Waals surface area contributed by atoms with Crippen LogP contribution in [0.5, 0.6) is 0 Å². The van der Waals surface area contributed by atoms with E-state index in [4.69, 9.17) is 5.26 Å². The first-order chi connectivity index (χ1) is 8.36. The maximum absolute atomic E-state index is 11.5. The molecule has 0 aromatic carbocycles. The van der Waals surface area contributed by atoms with Gasteiger partial charge in [0.1, 0.15) is 5.71 Å². The number of carbonyl (C=O) groups is 2. The van der Waals surface area contributed by atoms with Gasteiger partial charge in [0.2, 0.25) is 0 Å².